The molecule has 0 aliphatic carbocycles. The summed E-state index contributed by atoms with van der Waals surface area (Å²) in [7, 11) is 1.66. The van der Waals surface area contributed by atoms with Gasteiger partial charge in [0.1, 0.15) is 5.78 Å². The molecule has 10 heteroatoms. The number of carbonyl (C=O) groups is 2. The van der Waals surface area contributed by atoms with Gasteiger partial charge >= 0.3 is 6.18 Å². The van der Waals surface area contributed by atoms with Crippen LogP contribution < -0.4 is 0 Å². The normalized spacial score (nSPS) is 18.8. The smallest absolute Gasteiger partial charge is 0.391 e. The van der Waals surface area contributed by atoms with Gasteiger partial charge < -0.3 is 14.6 Å². The van der Waals surface area contributed by atoms with Gasteiger partial charge in [-0.15, -0.1) is 0 Å². The van der Waals surface area contributed by atoms with Gasteiger partial charge in [-0.1, -0.05) is 29.3 Å². The summed E-state index contributed by atoms with van der Waals surface area (Å²) in [6.07, 6.45) is -4.85. The van der Waals surface area contributed by atoms with Gasteiger partial charge in [0.15, 0.2) is 0 Å². The minimum absolute atomic E-state index is 0.0160. The van der Waals surface area contributed by atoms with E-state index >= 15 is 0 Å². The molecule has 2 heterocycles. The van der Waals surface area contributed by atoms with Crippen LogP contribution in [0.5, 0.6) is 0 Å². The fraction of sp³-hybridized carbons (Fsp3) is 0.360. The maximum Gasteiger partial charge on any atom is 0.416 e. The van der Waals surface area contributed by atoms with E-state index in [-0.39, 0.29) is 35.2 Å². The average molecular weight is 527 g/mol. The first-order chi connectivity index (χ1) is 16.4. The van der Waals surface area contributed by atoms with Gasteiger partial charge in [-0.3, -0.25) is 9.59 Å². The van der Waals surface area contributed by atoms with Crippen LogP contribution in [-0.2, 0) is 24.4 Å². The number of ketones is 1. The largest absolute Gasteiger partial charge is 0.416 e. The van der Waals surface area contributed by atoms with Gasteiger partial charge in [0.2, 0.25) is 0 Å². The van der Waals surface area contributed by atoms with Crippen molar-refractivity contribution >= 4 is 45.8 Å². The van der Waals surface area contributed by atoms with Gasteiger partial charge in [0, 0.05) is 48.7 Å². The lowest BCUT2D eigenvalue weighted by Crippen LogP contribution is -2.48. The minimum atomic E-state index is -4.45. The van der Waals surface area contributed by atoms with Gasteiger partial charge in [-0.05, 0) is 54.6 Å². The van der Waals surface area contributed by atoms with Crippen LogP contribution in [0.3, 0.4) is 0 Å². The second-order valence-electron chi connectivity index (χ2n) is 8.85. The first-order valence-electron chi connectivity index (χ1n) is 11.0. The van der Waals surface area contributed by atoms with Crippen LogP contribution in [0.25, 0.3) is 10.9 Å². The maximum atomic E-state index is 13.2. The molecule has 0 saturated carbocycles. The molecule has 2 aromatic carbocycles. The Balaban J connectivity index is 1.64. The van der Waals surface area contributed by atoms with E-state index in [4.69, 9.17) is 23.2 Å². The highest BCUT2D eigenvalue weighted by atomic mass is 35.5. The van der Waals surface area contributed by atoms with Crippen molar-refractivity contribution in [2.75, 3.05) is 13.1 Å². The van der Waals surface area contributed by atoms with Crippen molar-refractivity contribution in [3.8, 4) is 0 Å². The van der Waals surface area contributed by atoms with Gasteiger partial charge in [0.25, 0.3) is 5.91 Å². The molecular weight excluding hydrogens is 504 g/mol. The van der Waals surface area contributed by atoms with Crippen LogP contribution in [-0.4, -0.2) is 45.5 Å². The standard InChI is InChI=1S/C25H23Cl2F3N2O3/c1-13(33)17-7-8-32(12-22(17)34)24(35)18-5-6-20(26)19(23(18)27)11-16-9-14-3-4-15(25(28,29)30)10-21(14)31(16)2/h3-6,9-10,17,22,34H,7-8,11-12H2,1-2H3. The number of amides is 1. The molecule has 1 aliphatic rings. The molecule has 2 atom stereocenters. The number of aliphatic hydroxyl groups excluding tert-OH is 1. The zero-order valence-electron chi connectivity index (χ0n) is 19.0. The monoisotopic (exact) mass is 526 g/mol. The lowest BCUT2D eigenvalue weighted by Gasteiger charge is -2.35. The number of aromatic nitrogens is 1. The summed E-state index contributed by atoms with van der Waals surface area (Å²) in [6.45, 7) is 1.74. The van der Waals surface area contributed by atoms with Crippen molar-refractivity contribution in [1.29, 1.82) is 0 Å². The number of hydrogen-bond acceptors (Lipinski definition) is 3. The Bertz CT molecular complexity index is 1320. The van der Waals surface area contributed by atoms with E-state index in [1.165, 1.54) is 24.0 Å². The minimum Gasteiger partial charge on any atom is -0.391 e. The van der Waals surface area contributed by atoms with Crippen LogP contribution in [0.4, 0.5) is 13.2 Å². The second-order valence-corrected chi connectivity index (χ2v) is 9.64. The number of likely N-dealkylation sites (tertiary alicyclic amines) is 1. The number of nitrogens with zero attached hydrogens (tertiary/aromatic N) is 2. The van der Waals surface area contributed by atoms with Gasteiger partial charge in [0.05, 0.1) is 22.3 Å². The average Bonchev–Trinajstić information content (AvgIpc) is 3.10. The molecule has 186 valence electrons. The van der Waals surface area contributed by atoms with Crippen molar-refractivity contribution in [3.05, 3.63) is 68.8 Å². The number of aliphatic hydroxyl groups is 1. The molecule has 0 radical (unpaired) electrons. The summed E-state index contributed by atoms with van der Waals surface area (Å²) in [5, 5.41) is 11.4. The molecule has 35 heavy (non-hydrogen) atoms. The fourth-order valence-electron chi connectivity index (χ4n) is 4.60. The Morgan fingerprint density at radius 1 is 1.14 bits per heavy atom. The number of Topliss-reactive ketones (excluding diaryl/α,β-unsaturated/α-hetero) is 1. The molecule has 0 spiro atoms. The third kappa shape index (κ3) is 4.92. The molecule has 0 bridgehead atoms. The Morgan fingerprint density at radius 3 is 2.49 bits per heavy atom. The molecule has 1 fully saturated rings. The lowest BCUT2D eigenvalue weighted by molar-refractivity contribution is -0.137. The molecule has 3 aromatic rings. The van der Waals surface area contributed by atoms with Crippen LogP contribution in [0.15, 0.2) is 36.4 Å². The third-order valence-corrected chi connectivity index (χ3v) is 7.42. The maximum absolute atomic E-state index is 13.2. The van der Waals surface area contributed by atoms with Crippen molar-refractivity contribution < 1.29 is 27.9 Å². The Labute approximate surface area is 210 Å². The molecule has 4 rings (SSSR count). The molecule has 1 N–H and O–H groups in total. The van der Waals surface area contributed by atoms with E-state index < -0.39 is 23.8 Å². The Kier molecular flexibility index (Phi) is 6.92. The summed E-state index contributed by atoms with van der Waals surface area (Å²) < 4.78 is 41.1. The summed E-state index contributed by atoms with van der Waals surface area (Å²) in [5.41, 5.74) is 1.03. The molecular formula is C25H23Cl2F3N2O3. The van der Waals surface area contributed by atoms with Crippen molar-refractivity contribution in [2.45, 2.75) is 32.0 Å². The van der Waals surface area contributed by atoms with E-state index in [1.54, 1.807) is 23.7 Å². The van der Waals surface area contributed by atoms with E-state index in [2.05, 4.69) is 0 Å². The predicted molar refractivity (Wildman–Crippen MR) is 128 cm³/mol. The van der Waals surface area contributed by atoms with Gasteiger partial charge in [-0.25, -0.2) is 0 Å². The van der Waals surface area contributed by atoms with Crippen LogP contribution >= 0.6 is 23.2 Å². The summed E-state index contributed by atoms with van der Waals surface area (Å²) in [5.74, 6) is -1.01. The van der Waals surface area contributed by atoms with E-state index in [0.29, 0.717) is 40.1 Å². The number of piperidine rings is 1. The predicted octanol–water partition coefficient (Wildman–Crippen LogP) is 5.51. The van der Waals surface area contributed by atoms with Crippen molar-refractivity contribution in [1.82, 2.24) is 9.47 Å². The zero-order valence-corrected chi connectivity index (χ0v) is 20.5. The molecule has 2 unspecified atom stereocenters. The number of carbonyl (C=O) groups excluding carboxylic acids is 2. The highest BCUT2D eigenvalue weighted by Crippen LogP contribution is 2.35. The van der Waals surface area contributed by atoms with Crippen LogP contribution in [0.2, 0.25) is 10.0 Å². The zero-order chi connectivity index (χ0) is 25.7. The topological polar surface area (TPSA) is 62.5 Å². The number of benzene rings is 2. The van der Waals surface area contributed by atoms with E-state index in [9.17, 15) is 27.9 Å². The third-order valence-electron chi connectivity index (χ3n) is 6.64. The molecule has 1 aromatic heterocycles. The Hall–Kier alpha value is -2.55. The first kappa shape index (κ1) is 25.5. The van der Waals surface area contributed by atoms with E-state index in [0.717, 1.165) is 12.1 Å². The Morgan fingerprint density at radius 2 is 1.86 bits per heavy atom. The quantitative estimate of drug-likeness (QED) is 0.487. The summed E-state index contributed by atoms with van der Waals surface area (Å²) >= 11 is 13.0. The highest BCUT2D eigenvalue weighted by molar-refractivity contribution is 6.38. The molecule has 1 amide bonds. The highest BCUT2D eigenvalue weighted by Gasteiger charge is 2.34. The van der Waals surface area contributed by atoms with E-state index in [1.807, 2.05) is 0 Å². The lowest BCUT2D eigenvalue weighted by atomic mass is 9.90. The molecule has 5 nitrogen and oxygen atoms in total. The van der Waals surface area contributed by atoms with Crippen molar-refractivity contribution in [2.24, 2.45) is 13.0 Å². The number of alkyl halides is 3. The number of halogens is 5. The SMILES string of the molecule is CC(=O)C1CCN(C(=O)c2ccc(Cl)c(Cc3cc4ccc(C(F)(F)F)cc4n3C)c2Cl)CC1O. The number of rotatable bonds is 4. The number of hydrogen-bond donors (Lipinski definition) is 1. The fourth-order valence-corrected chi connectivity index (χ4v) is 5.18. The first-order valence-corrected chi connectivity index (χ1v) is 11.7. The van der Waals surface area contributed by atoms with Crippen LogP contribution in [0, 0.1) is 5.92 Å². The second kappa shape index (κ2) is 9.48. The summed E-state index contributed by atoms with van der Waals surface area (Å²) in [4.78, 5) is 26.3. The van der Waals surface area contributed by atoms with Crippen LogP contribution in [0.1, 0.15) is 40.5 Å². The number of aryl methyl sites for hydroxylation is 1. The number of β-amino-alcohol motifs (C(OH)–C–C–N with tert-alkyl or cyclic N) is 1. The summed E-state index contributed by atoms with van der Waals surface area (Å²) in [6, 6.07) is 8.38. The van der Waals surface area contributed by atoms with Crippen molar-refractivity contribution in [3.63, 3.8) is 0 Å². The van der Waals surface area contributed by atoms with Gasteiger partial charge in [-0.2, -0.15) is 13.2 Å². The number of fused-ring (bicyclic) bond motifs is 1. The molecule has 1 saturated heterocycles. The molecule has 1 aliphatic heterocycles.